The second-order valence-corrected chi connectivity index (χ2v) is 10.1. The molecule has 39 heavy (non-hydrogen) atoms. The fourth-order valence-electron chi connectivity index (χ4n) is 4.51. The summed E-state index contributed by atoms with van der Waals surface area (Å²) in [4.78, 5) is 30.2. The number of carbonyl (C=O) groups excluding carboxylic acids is 2. The molecular weight excluding hydrogens is 519 g/mol. The minimum Gasteiger partial charge on any atom is -0.396 e. The van der Waals surface area contributed by atoms with Crippen LogP contribution >= 0.6 is 11.6 Å². The number of benzene rings is 3. The van der Waals surface area contributed by atoms with Gasteiger partial charge in [-0.25, -0.2) is 4.39 Å². The topological polar surface area (TPSA) is 117 Å². The Morgan fingerprint density at radius 1 is 1.00 bits per heavy atom. The van der Waals surface area contributed by atoms with Crippen molar-refractivity contribution in [2.24, 2.45) is 5.73 Å². The molecule has 1 aliphatic rings. The standard InChI is InChI=1S/C29H34ClFN6O2/c1-18-26(30)22(17-23(33)27(18)31)29(39)35-24-16-21(8-9-25(24)37-14-12-36(2)13-15-37)19-4-6-20(7-5-19)28(38)34-11-3-10-32/h4-9,16-17H,3,10-15,32-33H2,1-2H3,(H,34,38)(H,35,39). The average molecular weight is 553 g/mol. The molecule has 2 amide bonds. The number of nitrogens with zero attached hydrogens (tertiary/aromatic N) is 2. The van der Waals surface area contributed by atoms with Crippen LogP contribution in [-0.2, 0) is 0 Å². The van der Waals surface area contributed by atoms with Crippen LogP contribution in [0.5, 0.6) is 0 Å². The molecule has 3 aromatic carbocycles. The molecule has 0 radical (unpaired) electrons. The summed E-state index contributed by atoms with van der Waals surface area (Å²) in [5.41, 5.74) is 15.1. The maximum absolute atomic E-state index is 14.2. The van der Waals surface area contributed by atoms with E-state index in [1.165, 1.54) is 13.0 Å². The molecule has 1 aliphatic heterocycles. The smallest absolute Gasteiger partial charge is 0.257 e. The molecule has 3 aromatic rings. The van der Waals surface area contributed by atoms with Gasteiger partial charge in [0.05, 0.1) is 27.6 Å². The van der Waals surface area contributed by atoms with Gasteiger partial charge in [-0.1, -0.05) is 29.8 Å². The van der Waals surface area contributed by atoms with E-state index in [2.05, 4.69) is 27.5 Å². The molecule has 0 aromatic heterocycles. The highest BCUT2D eigenvalue weighted by Gasteiger charge is 2.22. The second kappa shape index (κ2) is 12.5. The van der Waals surface area contributed by atoms with Gasteiger partial charge in [0.15, 0.2) is 5.82 Å². The van der Waals surface area contributed by atoms with Crippen molar-refractivity contribution in [2.45, 2.75) is 13.3 Å². The number of hydrogen-bond donors (Lipinski definition) is 4. The minimum atomic E-state index is -0.631. The van der Waals surface area contributed by atoms with Crippen molar-refractivity contribution in [2.75, 3.05) is 62.3 Å². The van der Waals surface area contributed by atoms with Crippen LogP contribution in [0.4, 0.5) is 21.5 Å². The summed E-state index contributed by atoms with van der Waals surface area (Å²) >= 11 is 6.33. The number of anilines is 3. The molecule has 1 fully saturated rings. The Kier molecular flexibility index (Phi) is 9.06. The van der Waals surface area contributed by atoms with E-state index >= 15 is 0 Å². The molecular formula is C29H34ClFN6O2. The highest BCUT2D eigenvalue weighted by Crippen LogP contribution is 2.34. The molecule has 1 heterocycles. The zero-order valence-electron chi connectivity index (χ0n) is 22.2. The van der Waals surface area contributed by atoms with Crippen molar-refractivity contribution in [3.8, 4) is 11.1 Å². The number of nitrogens with two attached hydrogens (primary N) is 2. The van der Waals surface area contributed by atoms with Gasteiger partial charge in [-0.3, -0.25) is 9.59 Å². The number of nitrogen functional groups attached to an aromatic ring is 1. The van der Waals surface area contributed by atoms with Gasteiger partial charge in [0, 0.05) is 43.9 Å². The maximum Gasteiger partial charge on any atom is 0.257 e. The van der Waals surface area contributed by atoms with E-state index in [1.54, 1.807) is 12.1 Å². The normalized spacial score (nSPS) is 13.8. The predicted octanol–water partition coefficient (Wildman–Crippen LogP) is 4.12. The van der Waals surface area contributed by atoms with Crippen molar-refractivity contribution in [1.82, 2.24) is 10.2 Å². The SMILES string of the molecule is Cc1c(F)c(N)cc(C(=O)Nc2cc(-c3ccc(C(=O)NCCCN)cc3)ccc2N2CCN(C)CC2)c1Cl. The van der Waals surface area contributed by atoms with E-state index in [-0.39, 0.29) is 27.7 Å². The summed E-state index contributed by atoms with van der Waals surface area (Å²) < 4.78 is 14.2. The third-order valence-corrected chi connectivity index (χ3v) is 7.42. The Labute approximate surface area is 233 Å². The van der Waals surface area contributed by atoms with Gasteiger partial charge < -0.3 is 31.9 Å². The molecule has 0 spiro atoms. The van der Waals surface area contributed by atoms with Crippen LogP contribution in [0.25, 0.3) is 11.1 Å². The first-order valence-electron chi connectivity index (χ1n) is 12.9. The first kappa shape index (κ1) is 28.4. The summed E-state index contributed by atoms with van der Waals surface area (Å²) in [5, 5.41) is 5.86. The molecule has 1 saturated heterocycles. The van der Waals surface area contributed by atoms with E-state index in [0.717, 1.165) is 43.0 Å². The van der Waals surface area contributed by atoms with Gasteiger partial charge in [0.25, 0.3) is 11.8 Å². The van der Waals surface area contributed by atoms with E-state index in [4.69, 9.17) is 23.1 Å². The van der Waals surface area contributed by atoms with Crippen LogP contribution in [0.1, 0.15) is 32.7 Å². The van der Waals surface area contributed by atoms with E-state index in [9.17, 15) is 14.0 Å². The average Bonchev–Trinajstić information content (AvgIpc) is 2.94. The number of piperazine rings is 1. The monoisotopic (exact) mass is 552 g/mol. The Bertz CT molecular complexity index is 1360. The van der Waals surface area contributed by atoms with Gasteiger partial charge >= 0.3 is 0 Å². The van der Waals surface area contributed by atoms with Gasteiger partial charge in [0.1, 0.15) is 0 Å². The Hall–Kier alpha value is -3.66. The molecule has 8 nitrogen and oxygen atoms in total. The quantitative estimate of drug-likeness (QED) is 0.247. The molecule has 10 heteroatoms. The van der Waals surface area contributed by atoms with Crippen LogP contribution in [0.15, 0.2) is 48.5 Å². The van der Waals surface area contributed by atoms with Crippen LogP contribution in [-0.4, -0.2) is 63.0 Å². The minimum absolute atomic E-state index is 0.0248. The molecule has 0 saturated carbocycles. The van der Waals surface area contributed by atoms with Crippen LogP contribution in [0.3, 0.4) is 0 Å². The van der Waals surface area contributed by atoms with Gasteiger partial charge in [-0.2, -0.15) is 0 Å². The highest BCUT2D eigenvalue weighted by molar-refractivity contribution is 6.35. The van der Waals surface area contributed by atoms with Gasteiger partial charge in [-0.15, -0.1) is 0 Å². The Morgan fingerprint density at radius 2 is 1.67 bits per heavy atom. The molecule has 4 rings (SSSR count). The number of hydrogen-bond acceptors (Lipinski definition) is 6. The van der Waals surface area contributed by atoms with E-state index in [0.29, 0.717) is 30.8 Å². The largest absolute Gasteiger partial charge is 0.396 e. The fourth-order valence-corrected chi connectivity index (χ4v) is 4.73. The van der Waals surface area contributed by atoms with Gasteiger partial charge in [-0.05, 0) is 68.4 Å². The zero-order valence-corrected chi connectivity index (χ0v) is 22.9. The number of rotatable bonds is 8. The summed E-state index contributed by atoms with van der Waals surface area (Å²) in [7, 11) is 2.08. The summed E-state index contributed by atoms with van der Waals surface area (Å²) in [5.74, 6) is -1.26. The van der Waals surface area contributed by atoms with Crippen molar-refractivity contribution < 1.29 is 14.0 Å². The molecule has 0 aliphatic carbocycles. The first-order valence-corrected chi connectivity index (χ1v) is 13.3. The second-order valence-electron chi connectivity index (χ2n) is 9.72. The van der Waals surface area contributed by atoms with Crippen molar-refractivity contribution >= 4 is 40.5 Å². The molecule has 0 bridgehead atoms. The fraction of sp³-hybridized carbons (Fsp3) is 0.310. The van der Waals surface area contributed by atoms with Crippen LogP contribution in [0, 0.1) is 12.7 Å². The Balaban J connectivity index is 1.65. The lowest BCUT2D eigenvalue weighted by molar-refractivity contribution is 0.0952. The van der Waals surface area contributed by atoms with Crippen molar-refractivity contribution in [3.63, 3.8) is 0 Å². The van der Waals surface area contributed by atoms with Crippen molar-refractivity contribution in [3.05, 3.63) is 76.1 Å². The summed E-state index contributed by atoms with van der Waals surface area (Å²) in [6.45, 7) is 5.92. The third kappa shape index (κ3) is 6.50. The zero-order chi connectivity index (χ0) is 28.1. The molecule has 0 atom stereocenters. The summed E-state index contributed by atoms with van der Waals surface area (Å²) in [6.07, 6.45) is 0.716. The number of amides is 2. The van der Waals surface area contributed by atoms with E-state index in [1.807, 2.05) is 30.3 Å². The lowest BCUT2D eigenvalue weighted by atomic mass is 10.0. The number of halogens is 2. The number of nitrogens with one attached hydrogen (secondary N) is 2. The van der Waals surface area contributed by atoms with Crippen LogP contribution in [0.2, 0.25) is 5.02 Å². The number of likely N-dealkylation sites (N-methyl/N-ethyl adjacent to an activating group) is 1. The van der Waals surface area contributed by atoms with Crippen LogP contribution < -0.4 is 27.0 Å². The lowest BCUT2D eigenvalue weighted by Crippen LogP contribution is -2.44. The van der Waals surface area contributed by atoms with Crippen molar-refractivity contribution in [1.29, 1.82) is 0 Å². The van der Waals surface area contributed by atoms with Gasteiger partial charge in [0.2, 0.25) is 0 Å². The first-order chi connectivity index (χ1) is 18.7. The highest BCUT2D eigenvalue weighted by atomic mass is 35.5. The molecule has 0 unspecified atom stereocenters. The maximum atomic E-state index is 14.2. The lowest BCUT2D eigenvalue weighted by Gasteiger charge is -2.35. The number of carbonyl (C=O) groups is 2. The third-order valence-electron chi connectivity index (χ3n) is 6.93. The Morgan fingerprint density at radius 3 is 2.33 bits per heavy atom. The van der Waals surface area contributed by atoms with E-state index < -0.39 is 11.7 Å². The molecule has 206 valence electrons. The summed E-state index contributed by atoms with van der Waals surface area (Å²) in [6, 6.07) is 14.4. The molecule has 6 N–H and O–H groups in total. The predicted molar refractivity (Wildman–Crippen MR) is 156 cm³/mol.